The maximum absolute atomic E-state index is 11.5. The van der Waals surface area contributed by atoms with Gasteiger partial charge < -0.3 is 11.1 Å². The van der Waals surface area contributed by atoms with Gasteiger partial charge in [0.25, 0.3) is 0 Å². The van der Waals surface area contributed by atoms with Gasteiger partial charge in [0.1, 0.15) is 0 Å². The number of carbonyl (C=O) groups is 1. The second-order valence-electron chi connectivity index (χ2n) is 3.47. The van der Waals surface area contributed by atoms with Crippen LogP contribution in [0.15, 0.2) is 5.38 Å². The maximum atomic E-state index is 11.5. The molecule has 0 bridgehead atoms. The van der Waals surface area contributed by atoms with Gasteiger partial charge in [-0.05, 0) is 13.3 Å². The van der Waals surface area contributed by atoms with E-state index in [1.165, 1.54) is 0 Å². The van der Waals surface area contributed by atoms with Crippen LogP contribution in [0.5, 0.6) is 0 Å². The molecule has 0 aliphatic heterocycles. The van der Waals surface area contributed by atoms with E-state index in [2.05, 4.69) is 10.3 Å². The number of nitrogens with one attached hydrogen (secondary N) is 1. The Bertz CT molecular complexity index is 324. The number of nitrogens with zero attached hydrogens (tertiary/aromatic N) is 1. The lowest BCUT2D eigenvalue weighted by molar-refractivity contribution is -0.122. The van der Waals surface area contributed by atoms with Crippen molar-refractivity contribution in [1.82, 2.24) is 10.3 Å². The van der Waals surface area contributed by atoms with E-state index >= 15 is 0 Å². The van der Waals surface area contributed by atoms with Crippen LogP contribution in [0, 0.1) is 6.92 Å². The number of carbonyl (C=O) groups excluding carboxylic acids is 1. The minimum atomic E-state index is -0.394. The van der Waals surface area contributed by atoms with Gasteiger partial charge in [-0.3, -0.25) is 4.79 Å². The van der Waals surface area contributed by atoms with E-state index in [1.54, 1.807) is 11.3 Å². The first-order valence-electron chi connectivity index (χ1n) is 5.07. The summed E-state index contributed by atoms with van der Waals surface area (Å²) in [7, 11) is 0. The Kier molecular flexibility index (Phi) is 4.71. The van der Waals surface area contributed by atoms with Crippen LogP contribution in [0.2, 0.25) is 0 Å². The highest BCUT2D eigenvalue weighted by molar-refractivity contribution is 7.09. The molecular formula is C10H17N3OS. The minimum absolute atomic E-state index is 0.0949. The number of amides is 1. The molecule has 3 N–H and O–H groups in total. The fourth-order valence-corrected chi connectivity index (χ4v) is 1.85. The quantitative estimate of drug-likeness (QED) is 0.794. The minimum Gasteiger partial charge on any atom is -0.349 e. The van der Waals surface area contributed by atoms with Crippen LogP contribution >= 0.6 is 11.3 Å². The number of aromatic nitrogens is 1. The summed E-state index contributed by atoms with van der Waals surface area (Å²) in [6.45, 7) is 4.43. The van der Waals surface area contributed by atoms with Gasteiger partial charge in [0, 0.05) is 5.38 Å². The number of thiazole rings is 1. The molecule has 0 saturated carbocycles. The lowest BCUT2D eigenvalue weighted by Crippen LogP contribution is -2.40. The Morgan fingerprint density at radius 1 is 1.73 bits per heavy atom. The lowest BCUT2D eigenvalue weighted by Gasteiger charge is -2.09. The van der Waals surface area contributed by atoms with Gasteiger partial charge in [0.15, 0.2) is 0 Å². The number of hydrogen-bond donors (Lipinski definition) is 2. The molecule has 4 nitrogen and oxygen atoms in total. The third-order valence-electron chi connectivity index (χ3n) is 2.05. The van der Waals surface area contributed by atoms with Gasteiger partial charge in [-0.15, -0.1) is 11.3 Å². The highest BCUT2D eigenvalue weighted by Gasteiger charge is 2.11. The van der Waals surface area contributed by atoms with E-state index in [0.29, 0.717) is 6.54 Å². The predicted octanol–water partition coefficient (Wildman–Crippen LogP) is 1.20. The Balaban J connectivity index is 2.34. The predicted molar refractivity (Wildman–Crippen MR) is 61.6 cm³/mol. The van der Waals surface area contributed by atoms with E-state index in [9.17, 15) is 4.79 Å². The highest BCUT2D eigenvalue weighted by atomic mass is 32.1. The monoisotopic (exact) mass is 227 g/mol. The van der Waals surface area contributed by atoms with Crippen LogP contribution in [-0.4, -0.2) is 16.9 Å². The fourth-order valence-electron chi connectivity index (χ4n) is 1.24. The second kappa shape index (κ2) is 5.82. The summed E-state index contributed by atoms with van der Waals surface area (Å²) in [6.07, 6.45) is 1.65. The molecule has 0 spiro atoms. The fraction of sp³-hybridized carbons (Fsp3) is 0.600. The average molecular weight is 227 g/mol. The SMILES string of the molecule is CCCC(N)C(=O)NCc1csc(C)n1. The van der Waals surface area contributed by atoms with Crippen LogP contribution in [0.3, 0.4) is 0 Å². The van der Waals surface area contributed by atoms with Crippen molar-refractivity contribution in [2.75, 3.05) is 0 Å². The topological polar surface area (TPSA) is 68.0 Å². The molecule has 1 aromatic heterocycles. The van der Waals surface area contributed by atoms with Crippen molar-refractivity contribution in [2.45, 2.75) is 39.3 Å². The van der Waals surface area contributed by atoms with Crippen LogP contribution in [0.25, 0.3) is 0 Å². The zero-order chi connectivity index (χ0) is 11.3. The lowest BCUT2D eigenvalue weighted by atomic mass is 10.2. The first kappa shape index (κ1) is 12.1. The summed E-state index contributed by atoms with van der Waals surface area (Å²) in [5.41, 5.74) is 6.56. The van der Waals surface area contributed by atoms with Gasteiger partial charge in [-0.1, -0.05) is 13.3 Å². The Morgan fingerprint density at radius 2 is 2.47 bits per heavy atom. The van der Waals surface area contributed by atoms with Crippen molar-refractivity contribution in [3.63, 3.8) is 0 Å². The second-order valence-corrected chi connectivity index (χ2v) is 4.53. The standard InChI is InChI=1S/C10H17N3OS/c1-3-4-9(11)10(14)12-5-8-6-15-7(2)13-8/h6,9H,3-5,11H2,1-2H3,(H,12,14). The third kappa shape index (κ3) is 3.97. The molecule has 1 aromatic rings. The summed E-state index contributed by atoms with van der Waals surface area (Å²) in [4.78, 5) is 15.7. The molecule has 5 heteroatoms. The Hall–Kier alpha value is -0.940. The van der Waals surface area contributed by atoms with Gasteiger partial charge >= 0.3 is 0 Å². The molecule has 0 saturated heterocycles. The molecule has 1 amide bonds. The third-order valence-corrected chi connectivity index (χ3v) is 2.87. The maximum Gasteiger partial charge on any atom is 0.237 e. The summed E-state index contributed by atoms with van der Waals surface area (Å²) in [5.74, 6) is -0.0949. The first-order valence-corrected chi connectivity index (χ1v) is 5.95. The summed E-state index contributed by atoms with van der Waals surface area (Å²) >= 11 is 1.58. The molecular weight excluding hydrogens is 210 g/mol. The van der Waals surface area contributed by atoms with Crippen molar-refractivity contribution >= 4 is 17.2 Å². The molecule has 0 aliphatic rings. The van der Waals surface area contributed by atoms with Crippen LogP contribution in [0.4, 0.5) is 0 Å². The Labute approximate surface area is 93.9 Å². The van der Waals surface area contributed by atoms with Gasteiger partial charge in [-0.25, -0.2) is 4.98 Å². The summed E-state index contributed by atoms with van der Waals surface area (Å²) < 4.78 is 0. The van der Waals surface area contributed by atoms with Gasteiger partial charge in [0.05, 0.1) is 23.3 Å². The largest absolute Gasteiger partial charge is 0.349 e. The highest BCUT2D eigenvalue weighted by Crippen LogP contribution is 2.07. The number of nitrogens with two attached hydrogens (primary N) is 1. The van der Waals surface area contributed by atoms with E-state index in [0.717, 1.165) is 23.5 Å². The number of aryl methyl sites for hydroxylation is 1. The first-order chi connectivity index (χ1) is 7.13. The summed E-state index contributed by atoms with van der Waals surface area (Å²) in [5, 5.41) is 5.73. The molecule has 1 atom stereocenters. The zero-order valence-electron chi connectivity index (χ0n) is 9.12. The van der Waals surface area contributed by atoms with E-state index < -0.39 is 6.04 Å². The van der Waals surface area contributed by atoms with Crippen molar-refractivity contribution in [3.05, 3.63) is 16.1 Å². The average Bonchev–Trinajstić information content (AvgIpc) is 2.61. The Morgan fingerprint density at radius 3 is 3.00 bits per heavy atom. The van der Waals surface area contributed by atoms with Crippen LogP contribution < -0.4 is 11.1 Å². The van der Waals surface area contributed by atoms with Gasteiger partial charge in [-0.2, -0.15) is 0 Å². The number of rotatable bonds is 5. The van der Waals surface area contributed by atoms with Crippen molar-refractivity contribution < 1.29 is 4.79 Å². The summed E-state index contributed by atoms with van der Waals surface area (Å²) in [6, 6.07) is -0.394. The van der Waals surface area contributed by atoms with E-state index in [4.69, 9.17) is 5.73 Å². The molecule has 84 valence electrons. The van der Waals surface area contributed by atoms with Crippen LogP contribution in [-0.2, 0) is 11.3 Å². The molecule has 1 unspecified atom stereocenters. The van der Waals surface area contributed by atoms with E-state index in [-0.39, 0.29) is 5.91 Å². The molecule has 0 aromatic carbocycles. The van der Waals surface area contributed by atoms with Crippen molar-refractivity contribution in [3.8, 4) is 0 Å². The zero-order valence-corrected chi connectivity index (χ0v) is 9.93. The molecule has 15 heavy (non-hydrogen) atoms. The molecule has 0 radical (unpaired) electrons. The molecule has 0 aliphatic carbocycles. The van der Waals surface area contributed by atoms with Gasteiger partial charge in [0.2, 0.25) is 5.91 Å². The molecule has 1 rings (SSSR count). The van der Waals surface area contributed by atoms with Crippen molar-refractivity contribution in [2.24, 2.45) is 5.73 Å². The van der Waals surface area contributed by atoms with E-state index in [1.807, 2.05) is 19.2 Å². The van der Waals surface area contributed by atoms with Crippen LogP contribution in [0.1, 0.15) is 30.5 Å². The number of hydrogen-bond acceptors (Lipinski definition) is 4. The molecule has 0 fully saturated rings. The normalized spacial score (nSPS) is 12.5. The molecule has 1 heterocycles. The smallest absolute Gasteiger partial charge is 0.237 e. The van der Waals surface area contributed by atoms with Crippen molar-refractivity contribution in [1.29, 1.82) is 0 Å².